The van der Waals surface area contributed by atoms with Gasteiger partial charge in [-0.05, 0) is 45.4 Å². The Labute approximate surface area is 135 Å². The molecule has 1 aromatic heterocycles. The lowest BCUT2D eigenvalue weighted by atomic mass is 9.92. The Hall–Kier alpha value is -1.46. The number of hydrogen-bond acceptors (Lipinski definition) is 4. The molecule has 1 aliphatic heterocycles. The van der Waals surface area contributed by atoms with Crippen LogP contribution in [0.25, 0.3) is 10.2 Å². The molecule has 1 aromatic carbocycles. The van der Waals surface area contributed by atoms with Crippen LogP contribution >= 0.6 is 11.3 Å². The summed E-state index contributed by atoms with van der Waals surface area (Å²) in [4.78, 5) is 17.0. The van der Waals surface area contributed by atoms with Gasteiger partial charge in [-0.25, -0.2) is 4.98 Å². The molecule has 1 aliphatic rings. The molecule has 4 nitrogen and oxygen atoms in total. The molecule has 0 aliphatic carbocycles. The Kier molecular flexibility index (Phi) is 4.74. The minimum absolute atomic E-state index is 0.123. The van der Waals surface area contributed by atoms with E-state index in [-0.39, 0.29) is 17.9 Å². The SMILES string of the molecule is CC(Cc1nc2ccccc2s1)NC(=O)[C@H]1CCN[C@@H](C)C1. The van der Waals surface area contributed by atoms with Gasteiger partial charge in [0.05, 0.1) is 15.2 Å². The monoisotopic (exact) mass is 317 g/mol. The van der Waals surface area contributed by atoms with E-state index in [0.717, 1.165) is 36.3 Å². The highest BCUT2D eigenvalue weighted by Gasteiger charge is 2.25. The summed E-state index contributed by atoms with van der Waals surface area (Å²) in [5.74, 6) is 0.344. The van der Waals surface area contributed by atoms with Gasteiger partial charge in [-0.3, -0.25) is 4.79 Å². The largest absolute Gasteiger partial charge is 0.353 e. The lowest BCUT2D eigenvalue weighted by Gasteiger charge is -2.28. The van der Waals surface area contributed by atoms with Crippen LogP contribution in [0.1, 0.15) is 31.7 Å². The Bertz CT molecular complexity index is 621. The molecule has 1 unspecified atom stereocenters. The van der Waals surface area contributed by atoms with E-state index < -0.39 is 0 Å². The van der Waals surface area contributed by atoms with Crippen LogP contribution in [0.15, 0.2) is 24.3 Å². The maximum absolute atomic E-state index is 12.4. The van der Waals surface area contributed by atoms with Crippen molar-refractivity contribution >= 4 is 27.5 Å². The number of nitrogens with one attached hydrogen (secondary N) is 2. The van der Waals surface area contributed by atoms with Gasteiger partial charge >= 0.3 is 0 Å². The second kappa shape index (κ2) is 6.75. The molecular weight excluding hydrogens is 294 g/mol. The summed E-state index contributed by atoms with van der Waals surface area (Å²) in [6, 6.07) is 8.73. The second-order valence-corrected chi connectivity index (χ2v) is 7.38. The van der Waals surface area contributed by atoms with Gasteiger partial charge in [0.15, 0.2) is 0 Å². The fourth-order valence-corrected chi connectivity index (χ4v) is 4.15. The summed E-state index contributed by atoms with van der Waals surface area (Å²) in [6.45, 7) is 5.14. The number of para-hydroxylation sites is 1. The van der Waals surface area contributed by atoms with Crippen molar-refractivity contribution in [3.05, 3.63) is 29.3 Å². The molecule has 0 spiro atoms. The van der Waals surface area contributed by atoms with E-state index in [2.05, 4.69) is 35.5 Å². The second-order valence-electron chi connectivity index (χ2n) is 6.27. The quantitative estimate of drug-likeness (QED) is 0.911. The zero-order valence-electron chi connectivity index (χ0n) is 13.1. The topological polar surface area (TPSA) is 54.0 Å². The number of piperidine rings is 1. The van der Waals surface area contributed by atoms with E-state index in [0.29, 0.717) is 6.04 Å². The number of carbonyl (C=O) groups excluding carboxylic acids is 1. The average molecular weight is 317 g/mol. The van der Waals surface area contributed by atoms with E-state index in [1.54, 1.807) is 11.3 Å². The zero-order chi connectivity index (χ0) is 15.5. The minimum Gasteiger partial charge on any atom is -0.353 e. The highest BCUT2D eigenvalue weighted by atomic mass is 32.1. The summed E-state index contributed by atoms with van der Waals surface area (Å²) in [5.41, 5.74) is 1.05. The first kappa shape index (κ1) is 15.4. The van der Waals surface area contributed by atoms with Gasteiger partial charge in [-0.1, -0.05) is 12.1 Å². The Morgan fingerprint density at radius 2 is 2.32 bits per heavy atom. The third kappa shape index (κ3) is 3.65. The minimum atomic E-state index is 0.123. The van der Waals surface area contributed by atoms with Crippen molar-refractivity contribution in [3.63, 3.8) is 0 Å². The van der Waals surface area contributed by atoms with E-state index >= 15 is 0 Å². The van der Waals surface area contributed by atoms with Gasteiger partial charge in [0.2, 0.25) is 5.91 Å². The molecule has 0 bridgehead atoms. The number of nitrogens with zero attached hydrogens (tertiary/aromatic N) is 1. The van der Waals surface area contributed by atoms with Gasteiger partial charge < -0.3 is 10.6 Å². The fraction of sp³-hybridized carbons (Fsp3) is 0.529. The van der Waals surface area contributed by atoms with E-state index in [1.807, 2.05) is 18.2 Å². The number of rotatable bonds is 4. The summed E-state index contributed by atoms with van der Waals surface area (Å²) in [5, 5.41) is 7.64. The van der Waals surface area contributed by atoms with Gasteiger partial charge in [-0.15, -0.1) is 11.3 Å². The maximum atomic E-state index is 12.4. The van der Waals surface area contributed by atoms with E-state index in [1.165, 1.54) is 4.70 Å². The Balaban J connectivity index is 1.57. The lowest BCUT2D eigenvalue weighted by molar-refractivity contribution is -0.126. The molecule has 1 amide bonds. The van der Waals surface area contributed by atoms with Crippen LogP contribution < -0.4 is 10.6 Å². The van der Waals surface area contributed by atoms with Crippen LogP contribution in [0.5, 0.6) is 0 Å². The Morgan fingerprint density at radius 1 is 1.50 bits per heavy atom. The van der Waals surface area contributed by atoms with Crippen LogP contribution in [0.2, 0.25) is 0 Å². The molecule has 3 atom stereocenters. The number of thiazole rings is 1. The third-order valence-electron chi connectivity index (χ3n) is 4.20. The first-order valence-corrected chi connectivity index (χ1v) is 8.81. The molecule has 1 fully saturated rings. The molecule has 2 aromatic rings. The number of amides is 1. The summed E-state index contributed by atoms with van der Waals surface area (Å²) >= 11 is 1.72. The standard InChI is InChI=1S/C17H23N3OS/c1-11-9-13(7-8-18-11)17(21)19-12(2)10-16-20-14-5-3-4-6-15(14)22-16/h3-6,11-13,18H,7-10H2,1-2H3,(H,19,21)/t11-,12?,13-/m0/s1. The molecule has 0 radical (unpaired) electrons. The summed E-state index contributed by atoms with van der Waals surface area (Å²) in [6.07, 6.45) is 2.66. The first-order valence-electron chi connectivity index (χ1n) is 8.00. The molecule has 0 saturated carbocycles. The average Bonchev–Trinajstić information content (AvgIpc) is 2.89. The highest BCUT2D eigenvalue weighted by molar-refractivity contribution is 7.18. The van der Waals surface area contributed by atoms with Crippen LogP contribution in [-0.4, -0.2) is 29.5 Å². The van der Waals surface area contributed by atoms with Gasteiger partial charge in [0.25, 0.3) is 0 Å². The fourth-order valence-electron chi connectivity index (χ4n) is 3.05. The van der Waals surface area contributed by atoms with Crippen molar-refractivity contribution in [2.24, 2.45) is 5.92 Å². The number of hydrogen-bond donors (Lipinski definition) is 2. The van der Waals surface area contributed by atoms with Crippen LogP contribution in [0.3, 0.4) is 0 Å². The van der Waals surface area contributed by atoms with Crippen molar-refractivity contribution < 1.29 is 4.79 Å². The predicted octanol–water partition coefficient (Wildman–Crippen LogP) is 2.73. The Morgan fingerprint density at radius 3 is 3.09 bits per heavy atom. The molecule has 3 rings (SSSR count). The normalized spacial score (nSPS) is 23.4. The highest BCUT2D eigenvalue weighted by Crippen LogP contribution is 2.22. The van der Waals surface area contributed by atoms with Crippen molar-refractivity contribution in [1.29, 1.82) is 0 Å². The molecule has 2 heterocycles. The first-order chi connectivity index (χ1) is 10.6. The predicted molar refractivity (Wildman–Crippen MR) is 91.1 cm³/mol. The number of aromatic nitrogens is 1. The summed E-state index contributed by atoms with van der Waals surface area (Å²) < 4.78 is 1.21. The maximum Gasteiger partial charge on any atom is 0.223 e. The molecular formula is C17H23N3OS. The third-order valence-corrected chi connectivity index (χ3v) is 5.26. The number of carbonyl (C=O) groups is 1. The van der Waals surface area contributed by atoms with Gasteiger partial charge in [-0.2, -0.15) is 0 Å². The van der Waals surface area contributed by atoms with E-state index in [4.69, 9.17) is 0 Å². The van der Waals surface area contributed by atoms with E-state index in [9.17, 15) is 4.79 Å². The number of fused-ring (bicyclic) bond motifs is 1. The molecule has 5 heteroatoms. The smallest absolute Gasteiger partial charge is 0.223 e. The van der Waals surface area contributed by atoms with Gasteiger partial charge in [0.1, 0.15) is 0 Å². The lowest BCUT2D eigenvalue weighted by Crippen LogP contribution is -2.45. The van der Waals surface area contributed by atoms with Crippen LogP contribution in [0, 0.1) is 5.92 Å². The van der Waals surface area contributed by atoms with Crippen LogP contribution in [0.4, 0.5) is 0 Å². The molecule has 1 saturated heterocycles. The van der Waals surface area contributed by atoms with Gasteiger partial charge in [0, 0.05) is 24.4 Å². The molecule has 22 heavy (non-hydrogen) atoms. The number of benzene rings is 1. The summed E-state index contributed by atoms with van der Waals surface area (Å²) in [7, 11) is 0. The zero-order valence-corrected chi connectivity index (χ0v) is 14.0. The molecule has 118 valence electrons. The van der Waals surface area contributed by atoms with Crippen molar-refractivity contribution in [2.45, 2.75) is 45.2 Å². The van der Waals surface area contributed by atoms with Crippen molar-refractivity contribution in [1.82, 2.24) is 15.6 Å². The molecule has 2 N–H and O–H groups in total. The van der Waals surface area contributed by atoms with Crippen molar-refractivity contribution in [3.8, 4) is 0 Å². The van der Waals surface area contributed by atoms with Crippen molar-refractivity contribution in [2.75, 3.05) is 6.54 Å². The van der Waals surface area contributed by atoms with Crippen LogP contribution in [-0.2, 0) is 11.2 Å².